The largest absolute Gasteiger partial charge is 0.460 e. The van der Waals surface area contributed by atoms with Gasteiger partial charge >= 0.3 is 5.97 Å². The smallest absolute Gasteiger partial charge is 0.330 e. The molecule has 16 heavy (non-hydrogen) atoms. The number of ether oxygens (including phenoxy) is 1. The SMILES string of the molecule is CC1CCCCCCCCC/C=C\C(=O)O1. The number of esters is 1. The molecule has 0 aliphatic carbocycles. The second kappa shape index (κ2) is 8.37. The van der Waals surface area contributed by atoms with E-state index in [-0.39, 0.29) is 12.1 Å². The van der Waals surface area contributed by atoms with Crippen molar-refractivity contribution in [2.75, 3.05) is 0 Å². The Labute approximate surface area is 99.1 Å². The number of cyclic esters (lactones) is 1. The zero-order valence-electron chi connectivity index (χ0n) is 10.4. The summed E-state index contributed by atoms with van der Waals surface area (Å²) in [6, 6.07) is 0. The Morgan fingerprint density at radius 3 is 2.44 bits per heavy atom. The van der Waals surface area contributed by atoms with Crippen LogP contribution in [0.1, 0.15) is 64.7 Å². The van der Waals surface area contributed by atoms with E-state index < -0.39 is 0 Å². The van der Waals surface area contributed by atoms with Crippen molar-refractivity contribution in [3.05, 3.63) is 12.2 Å². The molecule has 0 saturated carbocycles. The lowest BCUT2D eigenvalue weighted by atomic mass is 10.1. The predicted molar refractivity (Wildman–Crippen MR) is 66.2 cm³/mol. The molecule has 0 aromatic rings. The van der Waals surface area contributed by atoms with Gasteiger partial charge in [-0.05, 0) is 32.6 Å². The molecule has 0 bridgehead atoms. The normalized spacial score (nSPS) is 27.8. The van der Waals surface area contributed by atoms with Gasteiger partial charge in [-0.25, -0.2) is 4.79 Å². The standard InChI is InChI=1S/C14H24O2/c1-13-11-9-7-5-3-2-4-6-8-10-12-14(15)16-13/h10,12-13H,2-9,11H2,1H3/b12-10-. The van der Waals surface area contributed by atoms with E-state index in [1.807, 2.05) is 13.0 Å². The van der Waals surface area contributed by atoms with Crippen LogP contribution in [-0.4, -0.2) is 12.1 Å². The molecule has 1 aliphatic rings. The Hall–Kier alpha value is -0.790. The van der Waals surface area contributed by atoms with Gasteiger partial charge in [-0.1, -0.05) is 38.2 Å². The highest BCUT2D eigenvalue weighted by Crippen LogP contribution is 2.13. The fraction of sp³-hybridized carbons (Fsp3) is 0.786. The summed E-state index contributed by atoms with van der Waals surface area (Å²) in [5.74, 6) is -0.176. The van der Waals surface area contributed by atoms with E-state index in [0.29, 0.717) is 0 Å². The van der Waals surface area contributed by atoms with E-state index in [1.54, 1.807) is 6.08 Å². The van der Waals surface area contributed by atoms with Crippen LogP contribution in [0.5, 0.6) is 0 Å². The molecular formula is C14H24O2. The minimum absolute atomic E-state index is 0.0695. The van der Waals surface area contributed by atoms with Crippen molar-refractivity contribution in [1.82, 2.24) is 0 Å². The van der Waals surface area contributed by atoms with Gasteiger partial charge < -0.3 is 4.74 Å². The molecule has 1 unspecified atom stereocenters. The summed E-state index contributed by atoms with van der Waals surface area (Å²) in [5.41, 5.74) is 0. The van der Waals surface area contributed by atoms with E-state index in [9.17, 15) is 4.79 Å². The van der Waals surface area contributed by atoms with Crippen molar-refractivity contribution < 1.29 is 9.53 Å². The molecule has 1 heterocycles. The molecule has 1 aliphatic heterocycles. The highest BCUT2D eigenvalue weighted by molar-refractivity contribution is 5.81. The van der Waals surface area contributed by atoms with Gasteiger partial charge in [0.05, 0.1) is 6.10 Å². The summed E-state index contributed by atoms with van der Waals surface area (Å²) in [6.07, 6.45) is 14.6. The van der Waals surface area contributed by atoms with Crippen LogP contribution in [0.15, 0.2) is 12.2 Å². The third-order valence-electron chi connectivity index (χ3n) is 3.05. The number of hydrogen-bond acceptors (Lipinski definition) is 2. The van der Waals surface area contributed by atoms with Crippen LogP contribution >= 0.6 is 0 Å². The molecule has 0 aromatic heterocycles. The molecule has 0 radical (unpaired) electrons. The van der Waals surface area contributed by atoms with E-state index in [2.05, 4.69) is 0 Å². The first kappa shape index (κ1) is 13.3. The van der Waals surface area contributed by atoms with Gasteiger partial charge in [0.2, 0.25) is 0 Å². The summed E-state index contributed by atoms with van der Waals surface area (Å²) < 4.78 is 5.27. The second-order valence-corrected chi connectivity index (χ2v) is 4.70. The van der Waals surface area contributed by atoms with Crippen molar-refractivity contribution in [1.29, 1.82) is 0 Å². The maximum absolute atomic E-state index is 11.4. The summed E-state index contributed by atoms with van der Waals surface area (Å²) in [4.78, 5) is 11.4. The first-order chi connectivity index (χ1) is 7.79. The lowest BCUT2D eigenvalue weighted by Gasteiger charge is -2.11. The summed E-state index contributed by atoms with van der Waals surface area (Å²) in [5, 5.41) is 0. The average Bonchev–Trinajstić information content (AvgIpc) is 2.25. The fourth-order valence-electron chi connectivity index (χ4n) is 2.05. The molecule has 0 N–H and O–H groups in total. The number of carbonyl (C=O) groups is 1. The molecule has 1 atom stereocenters. The third kappa shape index (κ3) is 6.65. The molecule has 0 saturated heterocycles. The minimum atomic E-state index is -0.176. The molecule has 0 amide bonds. The number of hydrogen-bond donors (Lipinski definition) is 0. The number of rotatable bonds is 0. The Balaban J connectivity index is 2.33. The van der Waals surface area contributed by atoms with Crippen molar-refractivity contribution in [2.45, 2.75) is 70.8 Å². The predicted octanol–water partition coefficient (Wildman–Crippen LogP) is 4.00. The van der Waals surface area contributed by atoms with Gasteiger partial charge in [0.25, 0.3) is 0 Å². The van der Waals surface area contributed by atoms with Gasteiger partial charge in [-0.3, -0.25) is 0 Å². The minimum Gasteiger partial charge on any atom is -0.460 e. The lowest BCUT2D eigenvalue weighted by molar-refractivity contribution is -0.142. The quantitative estimate of drug-likeness (QED) is 0.581. The van der Waals surface area contributed by atoms with Gasteiger partial charge in [0.1, 0.15) is 0 Å². The Bertz CT molecular complexity index is 221. The fourth-order valence-corrected chi connectivity index (χ4v) is 2.05. The van der Waals surface area contributed by atoms with Crippen molar-refractivity contribution in [2.24, 2.45) is 0 Å². The molecule has 92 valence electrons. The van der Waals surface area contributed by atoms with Crippen LogP contribution in [0, 0.1) is 0 Å². The highest BCUT2D eigenvalue weighted by atomic mass is 16.5. The van der Waals surface area contributed by atoms with Gasteiger partial charge in [0.15, 0.2) is 0 Å². The van der Waals surface area contributed by atoms with Crippen molar-refractivity contribution in [3.8, 4) is 0 Å². The Morgan fingerprint density at radius 1 is 1.06 bits per heavy atom. The van der Waals surface area contributed by atoms with Crippen LogP contribution in [0.2, 0.25) is 0 Å². The molecule has 2 heteroatoms. The Kier molecular flexibility index (Phi) is 6.95. The van der Waals surface area contributed by atoms with Crippen LogP contribution in [0.4, 0.5) is 0 Å². The summed E-state index contributed by atoms with van der Waals surface area (Å²) in [7, 11) is 0. The maximum Gasteiger partial charge on any atom is 0.330 e. The zero-order chi connectivity index (χ0) is 11.6. The number of allylic oxidation sites excluding steroid dienone is 1. The van der Waals surface area contributed by atoms with Crippen LogP contribution in [-0.2, 0) is 9.53 Å². The molecule has 0 spiro atoms. The van der Waals surface area contributed by atoms with E-state index in [0.717, 1.165) is 12.8 Å². The molecule has 0 aromatic carbocycles. The van der Waals surface area contributed by atoms with Crippen LogP contribution < -0.4 is 0 Å². The number of carbonyl (C=O) groups excluding carboxylic acids is 1. The maximum atomic E-state index is 11.4. The Morgan fingerprint density at radius 2 is 1.69 bits per heavy atom. The van der Waals surface area contributed by atoms with E-state index in [1.165, 1.54) is 44.9 Å². The lowest BCUT2D eigenvalue weighted by Crippen LogP contribution is -2.12. The van der Waals surface area contributed by atoms with Gasteiger partial charge in [-0.2, -0.15) is 0 Å². The van der Waals surface area contributed by atoms with Gasteiger partial charge in [-0.15, -0.1) is 0 Å². The van der Waals surface area contributed by atoms with Crippen LogP contribution in [0.25, 0.3) is 0 Å². The average molecular weight is 224 g/mol. The first-order valence-electron chi connectivity index (χ1n) is 6.66. The molecular weight excluding hydrogens is 200 g/mol. The summed E-state index contributed by atoms with van der Waals surface area (Å²) in [6.45, 7) is 1.98. The summed E-state index contributed by atoms with van der Waals surface area (Å²) >= 11 is 0. The zero-order valence-corrected chi connectivity index (χ0v) is 10.4. The third-order valence-corrected chi connectivity index (χ3v) is 3.05. The van der Waals surface area contributed by atoms with Crippen molar-refractivity contribution >= 4 is 5.97 Å². The van der Waals surface area contributed by atoms with Crippen LogP contribution in [0.3, 0.4) is 0 Å². The molecule has 1 rings (SSSR count). The monoisotopic (exact) mass is 224 g/mol. The molecule has 0 fully saturated rings. The second-order valence-electron chi connectivity index (χ2n) is 4.70. The highest BCUT2D eigenvalue weighted by Gasteiger charge is 2.06. The van der Waals surface area contributed by atoms with Gasteiger partial charge in [0, 0.05) is 6.08 Å². The van der Waals surface area contributed by atoms with E-state index >= 15 is 0 Å². The van der Waals surface area contributed by atoms with Crippen molar-refractivity contribution in [3.63, 3.8) is 0 Å². The topological polar surface area (TPSA) is 26.3 Å². The first-order valence-corrected chi connectivity index (χ1v) is 6.66. The van der Waals surface area contributed by atoms with E-state index in [4.69, 9.17) is 4.74 Å². The molecule has 2 nitrogen and oxygen atoms in total.